The molecule has 2 nitrogen and oxygen atoms in total. The van der Waals surface area contributed by atoms with Crippen LogP contribution in [-0.4, -0.2) is 0 Å². The van der Waals surface area contributed by atoms with Crippen LogP contribution in [0.25, 0.3) is 16.8 Å². The van der Waals surface area contributed by atoms with E-state index in [9.17, 15) is 0 Å². The van der Waals surface area contributed by atoms with E-state index in [4.69, 9.17) is 0 Å². The molecule has 0 saturated carbocycles. The van der Waals surface area contributed by atoms with Gasteiger partial charge in [-0.05, 0) is 23.1 Å². The van der Waals surface area contributed by atoms with E-state index in [1.54, 1.807) is 0 Å². The molecular weight excluding hydrogens is 327 g/mol. The Kier molecular flexibility index (Phi) is 7.73. The quantitative estimate of drug-likeness (QED) is 0.461. The fourth-order valence-corrected chi connectivity index (χ4v) is 2.53. The van der Waals surface area contributed by atoms with Crippen LogP contribution >= 0.6 is 0 Å². The summed E-state index contributed by atoms with van der Waals surface area (Å²) in [4.78, 5) is 3.05. The molecule has 2 heterocycles. The van der Waals surface area contributed by atoms with Gasteiger partial charge in [0.25, 0.3) is 0 Å². The average Bonchev–Trinajstić information content (AvgIpc) is 2.56. The number of H-pyrrole nitrogens is 1. The van der Waals surface area contributed by atoms with Crippen molar-refractivity contribution in [2.45, 2.75) is 19.8 Å². The number of benzene rings is 1. The monoisotopic (exact) mass is 346 g/mol. The summed E-state index contributed by atoms with van der Waals surface area (Å²) in [6.07, 6.45) is 10.5. The van der Waals surface area contributed by atoms with Gasteiger partial charge in [-0.3, -0.25) is 0 Å². The lowest BCUT2D eigenvalue weighted by molar-refractivity contribution is -0.595. The predicted molar refractivity (Wildman–Crippen MR) is 84.0 cm³/mol. The maximum absolute atomic E-state index is 3.05. The lowest BCUT2D eigenvalue weighted by Gasteiger charge is -2.01. The van der Waals surface area contributed by atoms with Gasteiger partial charge in [0.2, 0.25) is 5.69 Å². The first-order valence-corrected chi connectivity index (χ1v) is 7.44. The van der Waals surface area contributed by atoms with Crippen LogP contribution in [0.1, 0.15) is 18.9 Å². The molecule has 0 amide bonds. The van der Waals surface area contributed by atoms with Crippen molar-refractivity contribution in [1.82, 2.24) is 0 Å². The topological polar surface area (TPSA) is 18.0 Å². The molecule has 0 aliphatic heterocycles. The zero-order valence-corrected chi connectivity index (χ0v) is 14.6. The van der Waals surface area contributed by atoms with Crippen LogP contribution < -0.4 is 34.4 Å². The molecule has 0 aliphatic rings. The van der Waals surface area contributed by atoms with Gasteiger partial charge < -0.3 is 24.8 Å². The normalized spacial score (nSPS) is 9.61. The highest BCUT2D eigenvalue weighted by atomic mass is 35.5. The zero-order valence-electron chi connectivity index (χ0n) is 13.0. The van der Waals surface area contributed by atoms with Gasteiger partial charge in [0.1, 0.15) is 0 Å². The third-order valence-corrected chi connectivity index (χ3v) is 3.63. The second-order valence-corrected chi connectivity index (χ2v) is 5.20. The minimum absolute atomic E-state index is 0. The third-order valence-electron chi connectivity index (χ3n) is 3.63. The second-order valence-electron chi connectivity index (χ2n) is 5.20. The minimum atomic E-state index is 0. The van der Waals surface area contributed by atoms with E-state index in [1.165, 1.54) is 28.8 Å². The summed E-state index contributed by atoms with van der Waals surface area (Å²) in [6, 6.07) is 17.2. The predicted octanol–water partition coefficient (Wildman–Crippen LogP) is -2.60. The number of halogens is 2. The Balaban J connectivity index is 0.00000132. The molecule has 0 saturated heterocycles. The molecule has 1 aromatic carbocycles. The van der Waals surface area contributed by atoms with Crippen LogP contribution in [0.3, 0.4) is 0 Å². The SMILES string of the molecule is CCCc1cccc(-[n+]2ccc(-c3cc[nH+]cc3)cc2)c1.[Cl-].[Cl-]. The summed E-state index contributed by atoms with van der Waals surface area (Å²) < 4.78 is 2.16. The Morgan fingerprint density at radius 3 is 2.17 bits per heavy atom. The Morgan fingerprint density at radius 2 is 1.52 bits per heavy atom. The number of hydrogen-bond acceptors (Lipinski definition) is 0. The fourth-order valence-electron chi connectivity index (χ4n) is 2.53. The van der Waals surface area contributed by atoms with Gasteiger partial charge in [-0.2, -0.15) is 4.57 Å². The molecule has 0 spiro atoms. The first-order chi connectivity index (χ1) is 10.4. The average molecular weight is 347 g/mol. The van der Waals surface area contributed by atoms with E-state index >= 15 is 0 Å². The van der Waals surface area contributed by atoms with Gasteiger partial charge in [-0.15, -0.1) is 0 Å². The summed E-state index contributed by atoms with van der Waals surface area (Å²) in [7, 11) is 0. The van der Waals surface area contributed by atoms with Crippen LogP contribution in [0.5, 0.6) is 0 Å². The Hall–Kier alpha value is -1.90. The van der Waals surface area contributed by atoms with Gasteiger partial charge >= 0.3 is 0 Å². The van der Waals surface area contributed by atoms with Gasteiger partial charge in [-0.1, -0.05) is 25.5 Å². The van der Waals surface area contributed by atoms with E-state index in [1.807, 2.05) is 12.4 Å². The highest BCUT2D eigenvalue weighted by Gasteiger charge is 2.07. The first-order valence-electron chi connectivity index (χ1n) is 7.44. The smallest absolute Gasteiger partial charge is 0.210 e. The number of nitrogens with zero attached hydrogens (tertiary/aromatic N) is 1. The second kappa shape index (κ2) is 9.29. The fraction of sp³-hybridized carbons (Fsp3) is 0.158. The van der Waals surface area contributed by atoms with Crippen molar-refractivity contribution in [2.75, 3.05) is 0 Å². The molecule has 3 rings (SSSR count). The standard InChI is InChI=1S/C19H19N2.2ClH/c1-2-4-16-5-3-6-19(15-16)21-13-9-18(10-14-21)17-7-11-20-12-8-17;;/h3,5-15H,2,4H2,1H3;2*1H/q+1;;/p-1. The number of pyridine rings is 2. The van der Waals surface area contributed by atoms with Crippen molar-refractivity contribution in [3.05, 3.63) is 78.9 Å². The highest BCUT2D eigenvalue weighted by Crippen LogP contribution is 2.16. The highest BCUT2D eigenvalue weighted by molar-refractivity contribution is 5.61. The van der Waals surface area contributed by atoms with Crippen molar-refractivity contribution in [2.24, 2.45) is 0 Å². The summed E-state index contributed by atoms with van der Waals surface area (Å²) in [5, 5.41) is 0. The molecule has 0 atom stereocenters. The number of aromatic nitrogens is 2. The van der Waals surface area contributed by atoms with Crippen molar-refractivity contribution in [3.8, 4) is 16.8 Å². The van der Waals surface area contributed by atoms with Crippen molar-refractivity contribution in [1.29, 1.82) is 0 Å². The summed E-state index contributed by atoms with van der Waals surface area (Å²) >= 11 is 0. The molecule has 2 aromatic heterocycles. The Morgan fingerprint density at radius 1 is 0.870 bits per heavy atom. The molecule has 1 N–H and O–H groups in total. The summed E-state index contributed by atoms with van der Waals surface area (Å²) in [6.45, 7) is 2.21. The maximum atomic E-state index is 3.05. The number of nitrogens with one attached hydrogen (secondary N) is 1. The molecule has 120 valence electrons. The van der Waals surface area contributed by atoms with Crippen LogP contribution in [0.2, 0.25) is 0 Å². The van der Waals surface area contributed by atoms with Crippen LogP contribution in [0, 0.1) is 0 Å². The van der Waals surface area contributed by atoms with Crippen LogP contribution in [0.4, 0.5) is 0 Å². The molecule has 4 heteroatoms. The minimum Gasteiger partial charge on any atom is -1.00 e. The van der Waals surface area contributed by atoms with E-state index in [-0.39, 0.29) is 24.8 Å². The van der Waals surface area contributed by atoms with E-state index in [2.05, 4.69) is 77.4 Å². The Labute approximate surface area is 150 Å². The van der Waals surface area contributed by atoms with Crippen LogP contribution in [0.15, 0.2) is 73.3 Å². The van der Waals surface area contributed by atoms with E-state index in [0.717, 1.165) is 6.42 Å². The van der Waals surface area contributed by atoms with Gasteiger partial charge in [0, 0.05) is 36.4 Å². The van der Waals surface area contributed by atoms with Gasteiger partial charge in [-0.25, -0.2) is 4.98 Å². The zero-order chi connectivity index (χ0) is 14.5. The lowest BCUT2D eigenvalue weighted by atomic mass is 10.1. The Bertz CT molecular complexity index is 713. The molecular formula is C19H20Cl2N2. The molecule has 23 heavy (non-hydrogen) atoms. The molecule has 3 aromatic rings. The third kappa shape index (κ3) is 4.78. The first kappa shape index (κ1) is 19.1. The number of aryl methyl sites for hydroxylation is 1. The molecule has 0 radical (unpaired) electrons. The molecule has 0 fully saturated rings. The van der Waals surface area contributed by atoms with E-state index in [0.29, 0.717) is 0 Å². The number of hydrogen-bond donors (Lipinski definition) is 0. The number of aromatic amines is 1. The van der Waals surface area contributed by atoms with Crippen molar-refractivity contribution < 1.29 is 34.4 Å². The summed E-state index contributed by atoms with van der Waals surface area (Å²) in [5.41, 5.74) is 5.06. The van der Waals surface area contributed by atoms with E-state index < -0.39 is 0 Å². The maximum Gasteiger partial charge on any atom is 0.210 e. The van der Waals surface area contributed by atoms with Gasteiger partial charge in [0.15, 0.2) is 24.8 Å². The number of rotatable bonds is 4. The molecule has 0 bridgehead atoms. The largest absolute Gasteiger partial charge is 1.00 e. The van der Waals surface area contributed by atoms with Crippen molar-refractivity contribution >= 4 is 0 Å². The summed E-state index contributed by atoms with van der Waals surface area (Å²) in [5.74, 6) is 0. The van der Waals surface area contributed by atoms with Gasteiger partial charge in [0.05, 0.1) is 0 Å². The lowest BCUT2D eigenvalue weighted by Crippen LogP contribution is -3.00. The molecule has 0 aliphatic carbocycles. The van der Waals surface area contributed by atoms with Crippen molar-refractivity contribution in [3.63, 3.8) is 0 Å². The van der Waals surface area contributed by atoms with Crippen LogP contribution in [-0.2, 0) is 6.42 Å². The molecule has 0 unspecified atom stereocenters.